The molecule has 0 radical (unpaired) electrons. The molecule has 0 saturated heterocycles. The van der Waals surface area contributed by atoms with E-state index in [1.165, 1.54) is 19.2 Å². The molecule has 2 aromatic rings. The van der Waals surface area contributed by atoms with Gasteiger partial charge in [-0.05, 0) is 36.2 Å². The molecule has 0 aliphatic carbocycles. The number of carbonyl (C=O) groups is 2. The third kappa shape index (κ3) is 5.03. The fraction of sp³-hybridized carbons (Fsp3) is 0.235. The van der Waals surface area contributed by atoms with E-state index in [9.17, 15) is 22.8 Å². The molecule has 2 amide bonds. The van der Waals surface area contributed by atoms with Crippen molar-refractivity contribution < 1.29 is 22.8 Å². The highest BCUT2D eigenvalue weighted by atomic mass is 19.4. The second kappa shape index (κ2) is 7.78. The Bertz CT molecular complexity index is 748. The number of hydrogen-bond acceptors (Lipinski definition) is 3. The van der Waals surface area contributed by atoms with Crippen LogP contribution in [0.1, 0.15) is 11.1 Å². The lowest BCUT2D eigenvalue weighted by molar-refractivity contribution is -0.142. The normalized spacial score (nSPS) is 11.0. The van der Waals surface area contributed by atoms with Crippen LogP contribution in [0.3, 0.4) is 0 Å². The van der Waals surface area contributed by atoms with Gasteiger partial charge in [-0.3, -0.25) is 14.6 Å². The quantitative estimate of drug-likeness (QED) is 0.862. The number of aromatic nitrogens is 1. The Morgan fingerprint density at radius 1 is 1.12 bits per heavy atom. The summed E-state index contributed by atoms with van der Waals surface area (Å²) >= 11 is 0. The number of para-hydroxylation sites is 1. The van der Waals surface area contributed by atoms with Crippen LogP contribution in [-0.4, -0.2) is 35.3 Å². The standard InChI is InChI=1S/C17H16F3N3O2/c1-23(11-8-12-6-9-21-10-7-12)16(25)15(24)22-14-5-3-2-4-13(14)17(18,19)20/h2-7,9-10H,8,11H2,1H3,(H,22,24). The lowest BCUT2D eigenvalue weighted by Gasteiger charge is -2.18. The molecule has 8 heteroatoms. The van der Waals surface area contributed by atoms with E-state index in [2.05, 4.69) is 4.98 Å². The number of alkyl halides is 3. The van der Waals surface area contributed by atoms with Gasteiger partial charge in [0.1, 0.15) is 0 Å². The zero-order valence-electron chi connectivity index (χ0n) is 13.4. The van der Waals surface area contributed by atoms with E-state index in [0.717, 1.165) is 22.6 Å². The van der Waals surface area contributed by atoms with Crippen molar-refractivity contribution in [2.24, 2.45) is 0 Å². The molecule has 0 saturated carbocycles. The number of carbonyl (C=O) groups excluding carboxylic acids is 2. The van der Waals surface area contributed by atoms with Crippen LogP contribution in [0.2, 0.25) is 0 Å². The summed E-state index contributed by atoms with van der Waals surface area (Å²) in [7, 11) is 1.42. The maximum atomic E-state index is 12.9. The van der Waals surface area contributed by atoms with Gasteiger partial charge in [-0.2, -0.15) is 13.2 Å². The second-order valence-corrected chi connectivity index (χ2v) is 5.33. The molecular formula is C17H16F3N3O2. The number of benzene rings is 1. The summed E-state index contributed by atoms with van der Waals surface area (Å²) in [6.07, 6.45) is -0.910. The van der Waals surface area contributed by atoms with Gasteiger partial charge in [0.2, 0.25) is 0 Å². The van der Waals surface area contributed by atoms with E-state index in [-0.39, 0.29) is 6.54 Å². The van der Waals surface area contributed by atoms with Crippen LogP contribution in [-0.2, 0) is 22.2 Å². The van der Waals surface area contributed by atoms with E-state index in [1.54, 1.807) is 24.5 Å². The Hall–Kier alpha value is -2.90. The van der Waals surface area contributed by atoms with Crippen LogP contribution in [0.4, 0.5) is 18.9 Å². The van der Waals surface area contributed by atoms with Crippen molar-refractivity contribution in [3.8, 4) is 0 Å². The summed E-state index contributed by atoms with van der Waals surface area (Å²) in [6.45, 7) is 0.247. The third-order valence-corrected chi connectivity index (χ3v) is 3.51. The minimum atomic E-state index is -4.62. The van der Waals surface area contributed by atoms with Gasteiger partial charge in [0, 0.05) is 26.0 Å². The average Bonchev–Trinajstić information content (AvgIpc) is 2.59. The number of pyridine rings is 1. The molecule has 132 valence electrons. The first-order chi connectivity index (χ1) is 11.8. The van der Waals surface area contributed by atoms with Crippen molar-refractivity contribution in [2.75, 3.05) is 18.9 Å². The van der Waals surface area contributed by atoms with Gasteiger partial charge in [-0.15, -0.1) is 0 Å². The van der Waals surface area contributed by atoms with Crippen molar-refractivity contribution in [1.82, 2.24) is 9.88 Å². The number of halogens is 3. The molecule has 1 aromatic carbocycles. The van der Waals surface area contributed by atoms with Gasteiger partial charge in [-0.1, -0.05) is 12.1 Å². The summed E-state index contributed by atoms with van der Waals surface area (Å²) in [6, 6.07) is 8.05. The van der Waals surface area contributed by atoms with E-state index in [1.807, 2.05) is 5.32 Å². The van der Waals surface area contributed by atoms with Gasteiger partial charge >= 0.3 is 18.0 Å². The molecule has 25 heavy (non-hydrogen) atoms. The highest BCUT2D eigenvalue weighted by molar-refractivity contribution is 6.39. The summed E-state index contributed by atoms with van der Waals surface area (Å²) in [5, 5.41) is 2.04. The first kappa shape index (κ1) is 18.4. The highest BCUT2D eigenvalue weighted by Gasteiger charge is 2.34. The molecule has 1 N–H and O–H groups in total. The fourth-order valence-corrected chi connectivity index (χ4v) is 2.14. The van der Waals surface area contributed by atoms with Crippen LogP contribution >= 0.6 is 0 Å². The van der Waals surface area contributed by atoms with Crippen molar-refractivity contribution in [2.45, 2.75) is 12.6 Å². The Balaban J connectivity index is 2.00. The van der Waals surface area contributed by atoms with Crippen molar-refractivity contribution in [1.29, 1.82) is 0 Å². The van der Waals surface area contributed by atoms with Crippen LogP contribution in [0.5, 0.6) is 0 Å². The van der Waals surface area contributed by atoms with E-state index >= 15 is 0 Å². The molecule has 0 atom stereocenters. The Labute approximate surface area is 142 Å². The number of rotatable bonds is 4. The molecule has 1 heterocycles. The SMILES string of the molecule is CN(CCc1ccncc1)C(=O)C(=O)Nc1ccccc1C(F)(F)F. The van der Waals surface area contributed by atoms with E-state index < -0.39 is 29.2 Å². The van der Waals surface area contributed by atoms with Crippen LogP contribution < -0.4 is 5.32 Å². The Morgan fingerprint density at radius 3 is 2.40 bits per heavy atom. The number of nitrogens with one attached hydrogen (secondary N) is 1. The van der Waals surface area contributed by atoms with Gasteiger partial charge in [0.05, 0.1) is 11.3 Å². The summed E-state index contributed by atoms with van der Waals surface area (Å²) in [5.74, 6) is -2.03. The fourth-order valence-electron chi connectivity index (χ4n) is 2.14. The smallest absolute Gasteiger partial charge is 0.337 e. The molecule has 1 aromatic heterocycles. The van der Waals surface area contributed by atoms with E-state index in [4.69, 9.17) is 0 Å². The third-order valence-electron chi connectivity index (χ3n) is 3.51. The molecule has 0 fully saturated rings. The number of anilines is 1. The number of likely N-dealkylation sites (N-methyl/N-ethyl adjacent to an activating group) is 1. The van der Waals surface area contributed by atoms with Gasteiger partial charge < -0.3 is 10.2 Å². The van der Waals surface area contributed by atoms with Gasteiger partial charge in [0.15, 0.2) is 0 Å². The van der Waals surface area contributed by atoms with Crippen molar-refractivity contribution in [3.63, 3.8) is 0 Å². The molecular weight excluding hydrogens is 335 g/mol. The molecule has 0 bridgehead atoms. The predicted octanol–water partition coefficient (Wildman–Crippen LogP) is 2.74. The lowest BCUT2D eigenvalue weighted by atomic mass is 10.1. The molecule has 0 aliphatic heterocycles. The highest BCUT2D eigenvalue weighted by Crippen LogP contribution is 2.34. The predicted molar refractivity (Wildman–Crippen MR) is 85.7 cm³/mol. The first-order valence-corrected chi connectivity index (χ1v) is 7.40. The second-order valence-electron chi connectivity index (χ2n) is 5.33. The molecule has 2 rings (SSSR count). The maximum absolute atomic E-state index is 12.9. The van der Waals surface area contributed by atoms with Gasteiger partial charge in [0.25, 0.3) is 0 Å². The molecule has 0 aliphatic rings. The zero-order chi connectivity index (χ0) is 18.4. The first-order valence-electron chi connectivity index (χ1n) is 7.40. The van der Waals surface area contributed by atoms with Crippen molar-refractivity contribution in [3.05, 3.63) is 59.9 Å². The summed E-state index contributed by atoms with van der Waals surface area (Å²) in [5.41, 5.74) is -0.524. The van der Waals surface area contributed by atoms with Crippen LogP contribution in [0, 0.1) is 0 Å². The number of hydrogen-bond donors (Lipinski definition) is 1. The Morgan fingerprint density at radius 2 is 1.76 bits per heavy atom. The molecule has 0 unspecified atom stereocenters. The lowest BCUT2D eigenvalue weighted by Crippen LogP contribution is -2.38. The average molecular weight is 351 g/mol. The van der Waals surface area contributed by atoms with Crippen LogP contribution in [0.15, 0.2) is 48.8 Å². The summed E-state index contributed by atoms with van der Waals surface area (Å²) in [4.78, 5) is 29.0. The minimum absolute atomic E-state index is 0.247. The topological polar surface area (TPSA) is 62.3 Å². The van der Waals surface area contributed by atoms with Gasteiger partial charge in [-0.25, -0.2) is 0 Å². The molecule has 5 nitrogen and oxygen atoms in total. The summed E-state index contributed by atoms with van der Waals surface area (Å²) < 4.78 is 38.7. The minimum Gasteiger partial charge on any atom is -0.337 e. The monoisotopic (exact) mass is 351 g/mol. The largest absolute Gasteiger partial charge is 0.418 e. The zero-order valence-corrected chi connectivity index (χ0v) is 13.4. The Kier molecular flexibility index (Phi) is 5.74. The van der Waals surface area contributed by atoms with Crippen molar-refractivity contribution >= 4 is 17.5 Å². The number of amides is 2. The number of nitrogens with zero attached hydrogens (tertiary/aromatic N) is 2. The van der Waals surface area contributed by atoms with Crippen LogP contribution in [0.25, 0.3) is 0 Å². The van der Waals surface area contributed by atoms with E-state index in [0.29, 0.717) is 6.42 Å². The maximum Gasteiger partial charge on any atom is 0.418 e. The molecule has 0 spiro atoms.